The summed E-state index contributed by atoms with van der Waals surface area (Å²) in [5.41, 5.74) is 0. The monoisotopic (exact) mass is 531 g/mol. The fourth-order valence-corrected chi connectivity index (χ4v) is 1.91. The zero-order chi connectivity index (χ0) is 10.2. The van der Waals surface area contributed by atoms with E-state index in [1.54, 1.807) is 0 Å². The molecule has 2 nitrogen and oxygen atoms in total. The predicted octanol–water partition coefficient (Wildman–Crippen LogP) is -8.41. The molecular formula is C12H24Cl4N2Pt-6. The summed E-state index contributed by atoms with van der Waals surface area (Å²) in [6, 6.07) is 0. The van der Waals surface area contributed by atoms with Gasteiger partial charge in [0, 0.05) is 21.1 Å². The minimum Gasteiger partial charge on any atom is -1.00 e. The van der Waals surface area contributed by atoms with Crippen LogP contribution in [0.4, 0.5) is 0 Å². The van der Waals surface area contributed by atoms with E-state index in [9.17, 15) is 0 Å². The molecule has 0 saturated carbocycles. The van der Waals surface area contributed by atoms with Crippen LogP contribution >= 0.6 is 0 Å². The maximum Gasteiger partial charge on any atom is 0 e. The average molecular weight is 533 g/mol. The fourth-order valence-electron chi connectivity index (χ4n) is 1.91. The number of hydrogen-bond acceptors (Lipinski definition) is 0. The summed E-state index contributed by atoms with van der Waals surface area (Å²) in [7, 11) is 0. The van der Waals surface area contributed by atoms with Crippen molar-refractivity contribution in [2.75, 3.05) is 26.2 Å². The average Bonchev–Trinajstić information content (AvgIpc) is 2.21. The van der Waals surface area contributed by atoms with Gasteiger partial charge in [0.15, 0.2) is 0 Å². The van der Waals surface area contributed by atoms with Crippen molar-refractivity contribution in [3.8, 4) is 0 Å². The van der Waals surface area contributed by atoms with Gasteiger partial charge in [0.2, 0.25) is 0 Å². The second-order valence-electron chi connectivity index (χ2n) is 4.75. The molecule has 2 heterocycles. The summed E-state index contributed by atoms with van der Waals surface area (Å²) in [5, 5.41) is 8.52. The van der Waals surface area contributed by atoms with Crippen LogP contribution in [0.15, 0.2) is 0 Å². The van der Waals surface area contributed by atoms with Gasteiger partial charge in [-0.2, -0.15) is 0 Å². The molecule has 0 aliphatic carbocycles. The Kier molecular flexibility index (Phi) is 37.9. The number of rotatable bonds is 0. The molecule has 126 valence electrons. The molecule has 2 saturated heterocycles. The Bertz CT molecular complexity index is 128. The van der Waals surface area contributed by atoms with Crippen molar-refractivity contribution in [3.63, 3.8) is 0 Å². The Balaban J connectivity index is -0.0000000544. The molecule has 0 aromatic carbocycles. The Hall–Kier alpha value is 1.77. The molecule has 0 aromatic heterocycles. The van der Waals surface area contributed by atoms with Crippen LogP contribution in [0.1, 0.15) is 39.5 Å². The topological polar surface area (TPSA) is 28.2 Å². The van der Waals surface area contributed by atoms with Crippen LogP contribution in [0.5, 0.6) is 0 Å². The molecule has 2 aliphatic rings. The van der Waals surface area contributed by atoms with Gasteiger partial charge in [-0.05, 0) is 0 Å². The molecule has 0 spiro atoms. The molecule has 2 rings (SSSR count). The van der Waals surface area contributed by atoms with E-state index in [0.29, 0.717) is 0 Å². The fraction of sp³-hybridized carbons (Fsp3) is 1.00. The van der Waals surface area contributed by atoms with Gasteiger partial charge in [0.05, 0.1) is 0 Å². The first-order valence-electron chi connectivity index (χ1n) is 6.05. The zero-order valence-corrected chi connectivity index (χ0v) is 16.8. The van der Waals surface area contributed by atoms with Crippen LogP contribution in [0.3, 0.4) is 0 Å². The van der Waals surface area contributed by atoms with Crippen molar-refractivity contribution in [1.29, 1.82) is 0 Å². The van der Waals surface area contributed by atoms with Crippen LogP contribution in [-0.2, 0) is 21.1 Å². The third-order valence-corrected chi connectivity index (χ3v) is 2.91. The zero-order valence-electron chi connectivity index (χ0n) is 11.5. The summed E-state index contributed by atoms with van der Waals surface area (Å²) < 4.78 is 0. The third-order valence-electron chi connectivity index (χ3n) is 2.91. The quantitative estimate of drug-likeness (QED) is 0.296. The Morgan fingerprint density at radius 3 is 1.11 bits per heavy atom. The first-order valence-corrected chi connectivity index (χ1v) is 6.05. The van der Waals surface area contributed by atoms with E-state index in [1.807, 2.05) is 0 Å². The van der Waals surface area contributed by atoms with Crippen LogP contribution in [0, 0.1) is 11.8 Å². The molecule has 0 amide bonds. The van der Waals surface area contributed by atoms with Gasteiger partial charge >= 0.3 is 0 Å². The van der Waals surface area contributed by atoms with Crippen LogP contribution in [0.25, 0.3) is 10.6 Å². The van der Waals surface area contributed by atoms with Gasteiger partial charge < -0.3 is 60.3 Å². The number of halogens is 4. The number of nitrogens with zero attached hydrogens (tertiary/aromatic N) is 2. The van der Waals surface area contributed by atoms with E-state index in [-0.39, 0.29) is 70.7 Å². The van der Waals surface area contributed by atoms with Crippen molar-refractivity contribution in [2.24, 2.45) is 11.8 Å². The largest absolute Gasteiger partial charge is 1.00 e. The van der Waals surface area contributed by atoms with E-state index in [2.05, 4.69) is 24.5 Å². The molecule has 2 fully saturated rings. The minimum atomic E-state index is 0. The summed E-state index contributed by atoms with van der Waals surface area (Å²) in [5.74, 6) is 1.74. The van der Waals surface area contributed by atoms with Crippen LogP contribution < -0.4 is 49.6 Å². The smallest absolute Gasteiger partial charge is 0 e. The summed E-state index contributed by atoms with van der Waals surface area (Å²) >= 11 is 0. The van der Waals surface area contributed by atoms with Crippen LogP contribution in [0.2, 0.25) is 0 Å². The molecule has 0 radical (unpaired) electrons. The molecule has 2 atom stereocenters. The van der Waals surface area contributed by atoms with E-state index in [0.717, 1.165) is 38.0 Å². The first kappa shape index (κ1) is 32.6. The third kappa shape index (κ3) is 19.8. The molecular weight excluding hydrogens is 509 g/mol. The van der Waals surface area contributed by atoms with Gasteiger partial charge in [-0.1, -0.05) is 51.4 Å². The van der Waals surface area contributed by atoms with Gasteiger partial charge in [-0.3, -0.25) is 0 Å². The number of hydrogen-bond donors (Lipinski definition) is 0. The standard InChI is InChI=1S/2C6H12N.4ClH.Pt/c2*1-6-3-2-4-7-5-6;;;;;/h2*6H,2-5H2,1H3;4*1H;/q2*-1;;;;;/p-4. The van der Waals surface area contributed by atoms with Crippen molar-refractivity contribution >= 4 is 0 Å². The van der Waals surface area contributed by atoms with Crippen molar-refractivity contribution in [3.05, 3.63) is 10.6 Å². The van der Waals surface area contributed by atoms with E-state index in [4.69, 9.17) is 0 Å². The van der Waals surface area contributed by atoms with Gasteiger partial charge in [-0.25, -0.2) is 0 Å². The second-order valence-corrected chi connectivity index (χ2v) is 4.75. The van der Waals surface area contributed by atoms with Crippen molar-refractivity contribution < 1.29 is 70.7 Å². The van der Waals surface area contributed by atoms with Crippen molar-refractivity contribution in [1.82, 2.24) is 0 Å². The Labute approximate surface area is 158 Å². The molecule has 7 heteroatoms. The molecule has 0 aromatic rings. The SMILES string of the molecule is CC1CCC[N-]C1.CC1CCC[N-]C1.[Cl-].[Cl-].[Cl-].[Cl-].[Pt]. The Morgan fingerprint density at radius 1 is 0.684 bits per heavy atom. The predicted molar refractivity (Wildman–Crippen MR) is 63.0 cm³/mol. The first-order chi connectivity index (χ1) is 6.79. The number of piperidine rings is 2. The maximum absolute atomic E-state index is 4.26. The summed E-state index contributed by atoms with van der Waals surface area (Å²) in [6.07, 6.45) is 5.43. The summed E-state index contributed by atoms with van der Waals surface area (Å²) in [4.78, 5) is 0. The van der Waals surface area contributed by atoms with E-state index >= 15 is 0 Å². The molecule has 2 aliphatic heterocycles. The summed E-state index contributed by atoms with van der Waals surface area (Å²) in [6.45, 7) is 8.99. The molecule has 19 heavy (non-hydrogen) atoms. The molecule has 2 unspecified atom stereocenters. The van der Waals surface area contributed by atoms with Gasteiger partial charge in [-0.15, -0.1) is 26.2 Å². The van der Waals surface area contributed by atoms with Gasteiger partial charge in [0.25, 0.3) is 0 Å². The minimum absolute atomic E-state index is 0. The normalized spacial score (nSPS) is 24.3. The molecule has 0 N–H and O–H groups in total. The van der Waals surface area contributed by atoms with Gasteiger partial charge in [0.1, 0.15) is 0 Å². The van der Waals surface area contributed by atoms with Crippen LogP contribution in [-0.4, -0.2) is 26.2 Å². The van der Waals surface area contributed by atoms with E-state index in [1.165, 1.54) is 25.7 Å². The second kappa shape index (κ2) is 22.1. The maximum atomic E-state index is 4.26. The Morgan fingerprint density at radius 2 is 1.00 bits per heavy atom. The van der Waals surface area contributed by atoms with Crippen molar-refractivity contribution in [2.45, 2.75) is 39.5 Å². The molecule has 0 bridgehead atoms. The van der Waals surface area contributed by atoms with E-state index < -0.39 is 0 Å².